The summed E-state index contributed by atoms with van der Waals surface area (Å²) >= 11 is 1.52. The van der Waals surface area contributed by atoms with Crippen molar-refractivity contribution in [1.82, 2.24) is 9.88 Å². The van der Waals surface area contributed by atoms with Gasteiger partial charge in [-0.3, -0.25) is 9.69 Å². The zero-order valence-electron chi connectivity index (χ0n) is 13.8. The molecule has 5 nitrogen and oxygen atoms in total. The van der Waals surface area contributed by atoms with Crippen LogP contribution in [0.5, 0.6) is 0 Å². The average Bonchev–Trinajstić information content (AvgIpc) is 3.05. The number of carbonyl (C=O) groups is 1. The molecular formula is C18H23N3O2S. The highest BCUT2D eigenvalue weighted by molar-refractivity contribution is 7.15. The number of aromatic nitrogens is 1. The van der Waals surface area contributed by atoms with Gasteiger partial charge in [0.15, 0.2) is 5.13 Å². The summed E-state index contributed by atoms with van der Waals surface area (Å²) in [6.07, 6.45) is 3.88. The Morgan fingerprint density at radius 2 is 2.08 bits per heavy atom. The Morgan fingerprint density at radius 1 is 1.38 bits per heavy atom. The molecule has 1 aliphatic heterocycles. The normalized spacial score (nSPS) is 17.6. The molecule has 1 atom stereocenters. The lowest BCUT2D eigenvalue weighted by Gasteiger charge is -2.35. The highest BCUT2D eigenvalue weighted by atomic mass is 32.1. The van der Waals surface area contributed by atoms with Gasteiger partial charge in [0.05, 0.1) is 6.10 Å². The van der Waals surface area contributed by atoms with E-state index in [0.29, 0.717) is 31.1 Å². The molecule has 1 unspecified atom stereocenters. The van der Waals surface area contributed by atoms with Crippen molar-refractivity contribution >= 4 is 22.4 Å². The molecule has 1 fully saturated rings. The van der Waals surface area contributed by atoms with Gasteiger partial charge in [-0.15, -0.1) is 11.3 Å². The van der Waals surface area contributed by atoms with E-state index >= 15 is 0 Å². The van der Waals surface area contributed by atoms with Gasteiger partial charge in [0, 0.05) is 24.2 Å². The van der Waals surface area contributed by atoms with Crippen LogP contribution in [0.2, 0.25) is 0 Å². The Bertz CT molecular complexity index is 666. The summed E-state index contributed by atoms with van der Waals surface area (Å²) in [5, 5.41) is 13.4. The number of piperidine rings is 1. The number of anilines is 1. The van der Waals surface area contributed by atoms with Gasteiger partial charge in [-0.05, 0) is 24.8 Å². The summed E-state index contributed by atoms with van der Waals surface area (Å²) in [6.45, 7) is 3.50. The summed E-state index contributed by atoms with van der Waals surface area (Å²) in [5.74, 6) is -0.0606. The molecular weight excluding hydrogens is 322 g/mol. The zero-order valence-corrected chi connectivity index (χ0v) is 14.6. The molecule has 24 heavy (non-hydrogen) atoms. The molecule has 0 aliphatic carbocycles. The second-order valence-electron chi connectivity index (χ2n) is 6.05. The number of rotatable bonds is 5. The third-order valence-electron chi connectivity index (χ3n) is 4.36. The van der Waals surface area contributed by atoms with E-state index in [1.165, 1.54) is 11.3 Å². The van der Waals surface area contributed by atoms with Crippen molar-refractivity contribution in [3.63, 3.8) is 0 Å². The predicted molar refractivity (Wildman–Crippen MR) is 96.1 cm³/mol. The molecule has 1 amide bonds. The zero-order chi connectivity index (χ0) is 16.9. The number of likely N-dealkylation sites (tertiary alicyclic amines) is 1. The van der Waals surface area contributed by atoms with Crippen LogP contribution in [0.15, 0.2) is 36.5 Å². The van der Waals surface area contributed by atoms with Crippen LogP contribution >= 0.6 is 11.3 Å². The van der Waals surface area contributed by atoms with Gasteiger partial charge in [-0.2, -0.15) is 0 Å². The smallest absolute Gasteiger partial charge is 0.248 e. The Hall–Kier alpha value is -1.76. The number of nitrogens with zero attached hydrogens (tertiary/aromatic N) is 2. The number of nitrogens with one attached hydrogen (secondary N) is 1. The summed E-state index contributed by atoms with van der Waals surface area (Å²) in [7, 11) is 0. The fraction of sp³-hybridized carbons (Fsp3) is 0.444. The third-order valence-corrected chi connectivity index (χ3v) is 5.42. The SMILES string of the molecule is CCc1cnc(NC(=O)C(c2ccccc2)N2CCC(O)CC2)s1. The van der Waals surface area contributed by atoms with Gasteiger partial charge >= 0.3 is 0 Å². The number of hydrogen-bond acceptors (Lipinski definition) is 5. The molecule has 2 N–H and O–H groups in total. The van der Waals surface area contributed by atoms with E-state index in [9.17, 15) is 9.90 Å². The maximum Gasteiger partial charge on any atom is 0.248 e. The molecule has 0 saturated carbocycles. The molecule has 128 valence electrons. The summed E-state index contributed by atoms with van der Waals surface area (Å²) < 4.78 is 0. The van der Waals surface area contributed by atoms with Crippen molar-refractivity contribution in [3.8, 4) is 0 Å². The Kier molecular flexibility index (Phi) is 5.60. The number of aryl methyl sites for hydroxylation is 1. The minimum atomic E-state index is -0.354. The highest BCUT2D eigenvalue weighted by Gasteiger charge is 2.31. The van der Waals surface area contributed by atoms with Crippen LogP contribution in [-0.2, 0) is 11.2 Å². The van der Waals surface area contributed by atoms with Gasteiger partial charge < -0.3 is 10.4 Å². The molecule has 0 spiro atoms. The topological polar surface area (TPSA) is 65.5 Å². The lowest BCUT2D eigenvalue weighted by Crippen LogP contribution is -2.43. The van der Waals surface area contributed by atoms with Crippen molar-refractivity contribution in [3.05, 3.63) is 47.0 Å². The fourth-order valence-electron chi connectivity index (χ4n) is 3.01. The number of aliphatic hydroxyl groups excluding tert-OH is 1. The lowest BCUT2D eigenvalue weighted by atomic mass is 10.00. The molecule has 2 heterocycles. The summed E-state index contributed by atoms with van der Waals surface area (Å²) in [6, 6.07) is 9.46. The van der Waals surface area contributed by atoms with Crippen molar-refractivity contribution in [2.75, 3.05) is 18.4 Å². The van der Waals surface area contributed by atoms with Crippen LogP contribution in [0.3, 0.4) is 0 Å². The van der Waals surface area contributed by atoms with Gasteiger partial charge in [0.1, 0.15) is 6.04 Å². The van der Waals surface area contributed by atoms with Crippen LogP contribution in [0, 0.1) is 0 Å². The summed E-state index contributed by atoms with van der Waals surface area (Å²) in [4.78, 5) is 20.5. The average molecular weight is 345 g/mol. The number of carbonyl (C=O) groups excluding carboxylic acids is 1. The molecule has 0 radical (unpaired) electrons. The van der Waals surface area contributed by atoms with Crippen LogP contribution in [-0.4, -0.2) is 40.1 Å². The molecule has 2 aromatic rings. The Morgan fingerprint density at radius 3 is 2.71 bits per heavy atom. The highest BCUT2D eigenvalue weighted by Crippen LogP contribution is 2.27. The molecule has 1 aromatic heterocycles. The van der Waals surface area contributed by atoms with Crippen LogP contribution in [0.1, 0.15) is 36.2 Å². The first-order valence-corrected chi connectivity index (χ1v) is 9.21. The molecule has 1 saturated heterocycles. The molecule has 1 aliphatic rings. The van der Waals surface area contributed by atoms with E-state index in [2.05, 4.69) is 22.1 Å². The molecule has 6 heteroatoms. The van der Waals surface area contributed by atoms with Crippen molar-refractivity contribution in [2.45, 2.75) is 38.3 Å². The van der Waals surface area contributed by atoms with E-state index < -0.39 is 0 Å². The van der Waals surface area contributed by atoms with E-state index in [1.807, 2.05) is 36.5 Å². The lowest BCUT2D eigenvalue weighted by molar-refractivity contribution is -0.122. The number of thiazole rings is 1. The maximum absolute atomic E-state index is 12.9. The van der Waals surface area contributed by atoms with E-state index in [1.54, 1.807) is 0 Å². The Balaban J connectivity index is 1.79. The van der Waals surface area contributed by atoms with Gasteiger partial charge in [0.2, 0.25) is 5.91 Å². The van der Waals surface area contributed by atoms with E-state index in [4.69, 9.17) is 0 Å². The molecule has 1 aromatic carbocycles. The van der Waals surface area contributed by atoms with Crippen molar-refractivity contribution < 1.29 is 9.90 Å². The molecule has 3 rings (SSSR count). The van der Waals surface area contributed by atoms with E-state index in [-0.39, 0.29) is 18.1 Å². The minimum absolute atomic E-state index is 0.0606. The second kappa shape index (κ2) is 7.88. The maximum atomic E-state index is 12.9. The van der Waals surface area contributed by atoms with Crippen molar-refractivity contribution in [1.29, 1.82) is 0 Å². The number of amides is 1. The standard InChI is InChI=1S/C18H23N3O2S/c1-2-15-12-19-18(24-15)20-17(23)16(13-6-4-3-5-7-13)21-10-8-14(22)9-11-21/h3-7,12,14,16,22H,2,8-11H2,1H3,(H,19,20,23). The first-order valence-electron chi connectivity index (χ1n) is 8.40. The van der Waals surface area contributed by atoms with Gasteiger partial charge in [0.25, 0.3) is 0 Å². The Labute approximate surface area is 146 Å². The van der Waals surface area contributed by atoms with Crippen LogP contribution in [0.4, 0.5) is 5.13 Å². The number of aliphatic hydroxyl groups is 1. The fourth-order valence-corrected chi connectivity index (χ4v) is 3.77. The second-order valence-corrected chi connectivity index (χ2v) is 7.17. The monoisotopic (exact) mass is 345 g/mol. The first-order chi connectivity index (χ1) is 11.7. The number of hydrogen-bond donors (Lipinski definition) is 2. The van der Waals surface area contributed by atoms with Gasteiger partial charge in [-0.25, -0.2) is 4.98 Å². The third kappa shape index (κ3) is 4.01. The number of benzene rings is 1. The molecule has 0 bridgehead atoms. The first kappa shape index (κ1) is 17.1. The van der Waals surface area contributed by atoms with Gasteiger partial charge in [-0.1, -0.05) is 37.3 Å². The minimum Gasteiger partial charge on any atom is -0.393 e. The largest absolute Gasteiger partial charge is 0.393 e. The van der Waals surface area contributed by atoms with E-state index in [0.717, 1.165) is 16.9 Å². The van der Waals surface area contributed by atoms with Crippen LogP contribution < -0.4 is 5.32 Å². The van der Waals surface area contributed by atoms with Crippen molar-refractivity contribution in [2.24, 2.45) is 0 Å². The predicted octanol–water partition coefficient (Wildman–Crippen LogP) is 2.84. The van der Waals surface area contributed by atoms with Crippen LogP contribution in [0.25, 0.3) is 0 Å². The quantitative estimate of drug-likeness (QED) is 0.874. The summed E-state index contributed by atoms with van der Waals surface area (Å²) in [5.41, 5.74) is 0.971.